The van der Waals surface area contributed by atoms with Crippen LogP contribution in [-0.4, -0.2) is 47.7 Å². The first-order valence-corrected chi connectivity index (χ1v) is 8.08. The number of amides is 1. The van der Waals surface area contributed by atoms with Crippen molar-refractivity contribution in [3.05, 3.63) is 23.8 Å². The van der Waals surface area contributed by atoms with Crippen molar-refractivity contribution in [2.45, 2.75) is 31.2 Å². The lowest BCUT2D eigenvalue weighted by Gasteiger charge is -2.22. The molecule has 1 aliphatic carbocycles. The van der Waals surface area contributed by atoms with Gasteiger partial charge in [0.2, 0.25) is 5.91 Å². The van der Waals surface area contributed by atoms with Crippen LogP contribution in [0.1, 0.15) is 30.7 Å². The van der Waals surface area contributed by atoms with E-state index in [1.807, 2.05) is 18.2 Å². The van der Waals surface area contributed by atoms with Crippen LogP contribution in [0.2, 0.25) is 0 Å². The molecule has 1 N–H and O–H groups in total. The lowest BCUT2D eigenvalue weighted by atomic mass is 10.1. The van der Waals surface area contributed by atoms with E-state index < -0.39 is 12.0 Å². The predicted octanol–water partition coefficient (Wildman–Crippen LogP) is 1.64. The summed E-state index contributed by atoms with van der Waals surface area (Å²) in [5.41, 5.74) is 1.07. The highest BCUT2D eigenvalue weighted by atomic mass is 16.6. The molecule has 0 bridgehead atoms. The largest absolute Gasteiger partial charge is 0.486 e. The van der Waals surface area contributed by atoms with Gasteiger partial charge in [0.1, 0.15) is 19.3 Å². The van der Waals surface area contributed by atoms with Crippen molar-refractivity contribution in [2.24, 2.45) is 5.92 Å². The van der Waals surface area contributed by atoms with Gasteiger partial charge in [-0.1, -0.05) is 6.07 Å². The van der Waals surface area contributed by atoms with Crippen LogP contribution < -0.4 is 9.47 Å². The molecule has 0 unspecified atom stereocenters. The molecule has 6 heteroatoms. The molecule has 2 aliphatic heterocycles. The van der Waals surface area contributed by atoms with Crippen LogP contribution in [0.5, 0.6) is 11.5 Å². The van der Waals surface area contributed by atoms with E-state index in [0.29, 0.717) is 26.2 Å². The third-order valence-electron chi connectivity index (χ3n) is 4.92. The standard InChI is InChI=1S/C17H19NO5/c19-16(18-5-1-2-13(18)17(20)21)12-9-11(12)10-3-4-14-15(8-10)23-7-6-22-14/h3-4,8,11-13H,1-2,5-7,9H2,(H,20,21)/t11-,12-,13-/m1/s1. The van der Waals surface area contributed by atoms with Gasteiger partial charge in [0.15, 0.2) is 11.5 Å². The van der Waals surface area contributed by atoms with Crippen LogP contribution in [0.15, 0.2) is 18.2 Å². The minimum atomic E-state index is -0.896. The Balaban J connectivity index is 1.47. The van der Waals surface area contributed by atoms with Crippen molar-refractivity contribution < 1.29 is 24.2 Å². The first kappa shape index (κ1) is 14.4. The van der Waals surface area contributed by atoms with Crippen LogP contribution in [0.4, 0.5) is 0 Å². The van der Waals surface area contributed by atoms with Gasteiger partial charge in [-0.15, -0.1) is 0 Å². The summed E-state index contributed by atoms with van der Waals surface area (Å²) in [4.78, 5) is 25.4. The number of likely N-dealkylation sites (tertiary alicyclic amines) is 1. The second-order valence-electron chi connectivity index (χ2n) is 6.38. The van der Waals surface area contributed by atoms with Gasteiger partial charge in [-0.05, 0) is 42.9 Å². The molecular weight excluding hydrogens is 298 g/mol. The third kappa shape index (κ3) is 2.52. The Morgan fingerprint density at radius 2 is 1.96 bits per heavy atom. The highest BCUT2D eigenvalue weighted by molar-refractivity contribution is 5.88. The van der Waals surface area contributed by atoms with Crippen molar-refractivity contribution in [1.82, 2.24) is 4.90 Å². The predicted molar refractivity (Wildman–Crippen MR) is 80.7 cm³/mol. The Morgan fingerprint density at radius 1 is 1.17 bits per heavy atom. The Kier molecular flexibility index (Phi) is 3.39. The summed E-state index contributed by atoms with van der Waals surface area (Å²) in [6.07, 6.45) is 2.11. The van der Waals surface area contributed by atoms with Crippen LogP contribution in [-0.2, 0) is 9.59 Å². The first-order valence-electron chi connectivity index (χ1n) is 8.08. The number of hydrogen-bond donors (Lipinski definition) is 1. The van der Waals surface area contributed by atoms with E-state index in [4.69, 9.17) is 9.47 Å². The minimum Gasteiger partial charge on any atom is -0.486 e. The molecule has 0 aromatic heterocycles. The summed E-state index contributed by atoms with van der Waals surface area (Å²) in [5, 5.41) is 9.23. The maximum absolute atomic E-state index is 12.6. The van der Waals surface area contributed by atoms with E-state index in [-0.39, 0.29) is 17.7 Å². The van der Waals surface area contributed by atoms with Crippen molar-refractivity contribution >= 4 is 11.9 Å². The summed E-state index contributed by atoms with van der Waals surface area (Å²) in [6, 6.07) is 5.17. The number of carbonyl (C=O) groups excluding carboxylic acids is 1. The topological polar surface area (TPSA) is 76.1 Å². The summed E-state index contributed by atoms with van der Waals surface area (Å²) >= 11 is 0. The molecule has 23 heavy (non-hydrogen) atoms. The molecule has 1 aromatic carbocycles. The molecule has 1 amide bonds. The molecule has 4 rings (SSSR count). The smallest absolute Gasteiger partial charge is 0.326 e. The second kappa shape index (κ2) is 5.44. The fourth-order valence-electron chi connectivity index (χ4n) is 3.63. The van der Waals surface area contributed by atoms with Crippen molar-refractivity contribution in [3.63, 3.8) is 0 Å². The van der Waals surface area contributed by atoms with Gasteiger partial charge >= 0.3 is 5.97 Å². The zero-order chi connectivity index (χ0) is 16.0. The summed E-state index contributed by atoms with van der Waals surface area (Å²) < 4.78 is 11.1. The molecule has 0 spiro atoms. The fraction of sp³-hybridized carbons (Fsp3) is 0.529. The Bertz CT molecular complexity index is 658. The van der Waals surface area contributed by atoms with E-state index in [0.717, 1.165) is 29.9 Å². The Morgan fingerprint density at radius 3 is 2.74 bits per heavy atom. The van der Waals surface area contributed by atoms with Crippen LogP contribution in [0.25, 0.3) is 0 Å². The quantitative estimate of drug-likeness (QED) is 0.917. The summed E-state index contributed by atoms with van der Waals surface area (Å²) in [7, 11) is 0. The highest BCUT2D eigenvalue weighted by Gasteiger charge is 2.48. The third-order valence-corrected chi connectivity index (χ3v) is 4.92. The van der Waals surface area contributed by atoms with E-state index in [1.165, 1.54) is 0 Å². The van der Waals surface area contributed by atoms with Crippen LogP contribution in [0, 0.1) is 5.92 Å². The van der Waals surface area contributed by atoms with Gasteiger partial charge in [-0.25, -0.2) is 4.79 Å². The van der Waals surface area contributed by atoms with Crippen LogP contribution >= 0.6 is 0 Å². The van der Waals surface area contributed by atoms with Gasteiger partial charge in [0, 0.05) is 12.5 Å². The zero-order valence-electron chi connectivity index (χ0n) is 12.7. The van der Waals surface area contributed by atoms with Crippen molar-refractivity contribution in [2.75, 3.05) is 19.8 Å². The number of nitrogens with zero attached hydrogens (tertiary/aromatic N) is 1. The second-order valence-corrected chi connectivity index (χ2v) is 6.38. The number of carboxylic acid groups (broad SMARTS) is 1. The van der Waals surface area contributed by atoms with E-state index >= 15 is 0 Å². The minimum absolute atomic E-state index is 0.0187. The molecule has 1 saturated carbocycles. The maximum Gasteiger partial charge on any atom is 0.326 e. The van der Waals surface area contributed by atoms with Gasteiger partial charge < -0.3 is 19.5 Å². The molecule has 3 atom stereocenters. The van der Waals surface area contributed by atoms with Gasteiger partial charge in [0.05, 0.1) is 0 Å². The zero-order valence-corrected chi connectivity index (χ0v) is 12.7. The molecule has 0 radical (unpaired) electrons. The molecule has 1 saturated heterocycles. The highest BCUT2D eigenvalue weighted by Crippen LogP contribution is 2.50. The Labute approximate surface area is 134 Å². The maximum atomic E-state index is 12.6. The number of hydrogen-bond acceptors (Lipinski definition) is 4. The van der Waals surface area contributed by atoms with E-state index in [9.17, 15) is 14.7 Å². The normalized spacial score (nSPS) is 28.5. The number of carbonyl (C=O) groups is 2. The van der Waals surface area contributed by atoms with E-state index in [1.54, 1.807) is 4.90 Å². The lowest BCUT2D eigenvalue weighted by molar-refractivity contribution is -0.148. The van der Waals surface area contributed by atoms with Gasteiger partial charge in [-0.3, -0.25) is 4.79 Å². The Hall–Kier alpha value is -2.24. The van der Waals surface area contributed by atoms with Gasteiger partial charge in [-0.2, -0.15) is 0 Å². The number of benzene rings is 1. The SMILES string of the molecule is O=C(O)[C@H]1CCCN1C(=O)[C@@H]1C[C@@H]1c1ccc2c(c1)OCCO2. The monoisotopic (exact) mass is 317 g/mol. The van der Waals surface area contributed by atoms with Crippen molar-refractivity contribution in [3.8, 4) is 11.5 Å². The number of fused-ring (bicyclic) bond motifs is 1. The van der Waals surface area contributed by atoms with Crippen LogP contribution in [0.3, 0.4) is 0 Å². The van der Waals surface area contributed by atoms with E-state index in [2.05, 4.69) is 0 Å². The molecule has 6 nitrogen and oxygen atoms in total. The average Bonchev–Trinajstić information content (AvgIpc) is 3.21. The number of carboxylic acids is 1. The number of rotatable bonds is 3. The number of aliphatic carboxylic acids is 1. The number of ether oxygens (including phenoxy) is 2. The van der Waals surface area contributed by atoms with Gasteiger partial charge in [0.25, 0.3) is 0 Å². The fourth-order valence-corrected chi connectivity index (χ4v) is 3.63. The van der Waals surface area contributed by atoms with Crippen molar-refractivity contribution in [1.29, 1.82) is 0 Å². The molecule has 122 valence electrons. The molecule has 3 aliphatic rings. The lowest BCUT2D eigenvalue weighted by Crippen LogP contribution is -2.41. The molecule has 1 aromatic rings. The summed E-state index contributed by atoms with van der Waals surface area (Å²) in [6.45, 7) is 1.65. The molecule has 2 heterocycles. The first-order chi connectivity index (χ1) is 11.1. The molecular formula is C17H19NO5. The average molecular weight is 317 g/mol. The molecule has 2 fully saturated rings. The summed E-state index contributed by atoms with van der Waals surface area (Å²) in [5.74, 6) is 0.624.